The summed E-state index contributed by atoms with van der Waals surface area (Å²) in [5, 5.41) is 0. The van der Waals surface area contributed by atoms with Crippen molar-refractivity contribution in [2.75, 3.05) is 6.54 Å². The van der Waals surface area contributed by atoms with Crippen molar-refractivity contribution in [1.82, 2.24) is 24.8 Å². The van der Waals surface area contributed by atoms with Crippen molar-refractivity contribution in [1.29, 1.82) is 0 Å². The second kappa shape index (κ2) is 7.16. The molecule has 146 valence electrons. The van der Waals surface area contributed by atoms with Gasteiger partial charge < -0.3 is 9.72 Å². The predicted molar refractivity (Wildman–Crippen MR) is 110 cm³/mol. The van der Waals surface area contributed by atoms with Crippen LogP contribution in [-0.2, 0) is 4.74 Å². The number of nitrogens with one attached hydrogen (secondary N) is 1. The van der Waals surface area contributed by atoms with Crippen LogP contribution in [0.15, 0.2) is 35.1 Å². The van der Waals surface area contributed by atoms with E-state index in [0.717, 1.165) is 39.7 Å². The summed E-state index contributed by atoms with van der Waals surface area (Å²) in [5.41, 5.74) is 2.13. The lowest BCUT2D eigenvalue weighted by molar-refractivity contribution is 0.0219. The standard InChI is InChI=1S/C20H22BrN5O2/c1-20(2,3)28-19(27)26-8-4-5-16(26)18-24-14-7-6-12(9-15(14)25-18)17-22-10-13(21)11-23-17/h6-7,9-11,16H,4-5,8H2,1-3H3,(H,24,25)/t16-/m0/s1. The third kappa shape index (κ3) is 3.87. The lowest BCUT2D eigenvalue weighted by atomic mass is 10.2. The van der Waals surface area contributed by atoms with Crippen molar-refractivity contribution in [3.8, 4) is 11.4 Å². The van der Waals surface area contributed by atoms with E-state index in [1.807, 2.05) is 39.0 Å². The van der Waals surface area contributed by atoms with E-state index in [0.29, 0.717) is 12.4 Å². The van der Waals surface area contributed by atoms with Gasteiger partial charge in [-0.3, -0.25) is 4.90 Å². The molecule has 1 aromatic carbocycles. The van der Waals surface area contributed by atoms with E-state index in [2.05, 4.69) is 30.9 Å². The second-order valence-electron chi connectivity index (χ2n) is 7.91. The van der Waals surface area contributed by atoms with Crippen LogP contribution in [-0.4, -0.2) is 43.1 Å². The fraction of sp³-hybridized carbons (Fsp3) is 0.400. The highest BCUT2D eigenvalue weighted by atomic mass is 79.9. The molecule has 1 N–H and O–H groups in total. The number of amides is 1. The molecule has 1 amide bonds. The third-order valence-corrected chi connectivity index (χ3v) is 4.99. The molecule has 0 saturated carbocycles. The molecule has 0 bridgehead atoms. The van der Waals surface area contributed by atoms with Crippen LogP contribution in [0.4, 0.5) is 4.79 Å². The van der Waals surface area contributed by atoms with E-state index in [9.17, 15) is 4.79 Å². The molecule has 1 aliphatic heterocycles. The van der Waals surface area contributed by atoms with Gasteiger partial charge in [0.05, 0.1) is 21.5 Å². The Morgan fingerprint density at radius 2 is 2.04 bits per heavy atom. The van der Waals surface area contributed by atoms with E-state index in [1.54, 1.807) is 17.3 Å². The number of rotatable bonds is 2. The monoisotopic (exact) mass is 443 g/mol. The number of ether oxygens (including phenoxy) is 1. The molecule has 0 radical (unpaired) electrons. The third-order valence-electron chi connectivity index (χ3n) is 4.58. The van der Waals surface area contributed by atoms with Gasteiger partial charge in [-0.1, -0.05) is 0 Å². The minimum absolute atomic E-state index is 0.102. The Morgan fingerprint density at radius 3 is 2.75 bits per heavy atom. The van der Waals surface area contributed by atoms with E-state index < -0.39 is 5.60 Å². The van der Waals surface area contributed by atoms with E-state index in [4.69, 9.17) is 9.72 Å². The lowest BCUT2D eigenvalue weighted by Crippen LogP contribution is -2.36. The Balaban J connectivity index is 1.62. The zero-order valence-electron chi connectivity index (χ0n) is 16.1. The zero-order chi connectivity index (χ0) is 19.9. The van der Waals surface area contributed by atoms with Crippen molar-refractivity contribution in [3.63, 3.8) is 0 Å². The Kier molecular flexibility index (Phi) is 4.82. The van der Waals surface area contributed by atoms with Crippen LogP contribution in [0.2, 0.25) is 0 Å². The average Bonchev–Trinajstić information content (AvgIpc) is 3.27. The summed E-state index contributed by atoms with van der Waals surface area (Å²) in [7, 11) is 0. The molecule has 7 nitrogen and oxygen atoms in total. The van der Waals surface area contributed by atoms with Gasteiger partial charge in [-0.25, -0.2) is 19.7 Å². The maximum atomic E-state index is 12.6. The number of H-pyrrole nitrogens is 1. The van der Waals surface area contributed by atoms with Gasteiger partial charge in [0.2, 0.25) is 0 Å². The molecular weight excluding hydrogens is 422 g/mol. The van der Waals surface area contributed by atoms with Gasteiger partial charge >= 0.3 is 6.09 Å². The van der Waals surface area contributed by atoms with Crippen molar-refractivity contribution in [2.45, 2.75) is 45.3 Å². The second-order valence-corrected chi connectivity index (χ2v) is 8.83. The summed E-state index contributed by atoms with van der Waals surface area (Å²) in [6.07, 6.45) is 4.94. The van der Waals surface area contributed by atoms with Crippen molar-refractivity contribution in [3.05, 3.63) is 40.9 Å². The summed E-state index contributed by atoms with van der Waals surface area (Å²) in [4.78, 5) is 31.1. The molecule has 1 aliphatic rings. The highest BCUT2D eigenvalue weighted by Gasteiger charge is 2.34. The molecule has 1 atom stereocenters. The van der Waals surface area contributed by atoms with Gasteiger partial charge in [0.15, 0.2) is 5.82 Å². The molecule has 1 fully saturated rings. The van der Waals surface area contributed by atoms with Crippen molar-refractivity contribution < 1.29 is 9.53 Å². The molecule has 28 heavy (non-hydrogen) atoms. The number of imidazole rings is 1. The molecule has 3 aromatic rings. The average molecular weight is 444 g/mol. The molecule has 0 unspecified atom stereocenters. The van der Waals surface area contributed by atoms with Crippen molar-refractivity contribution >= 4 is 33.1 Å². The van der Waals surface area contributed by atoms with Crippen molar-refractivity contribution in [2.24, 2.45) is 0 Å². The molecule has 2 aromatic heterocycles. The first kappa shape index (κ1) is 18.9. The largest absolute Gasteiger partial charge is 0.444 e. The molecule has 8 heteroatoms. The number of fused-ring (bicyclic) bond motifs is 1. The Labute approximate surface area is 171 Å². The van der Waals surface area contributed by atoms with Crippen LogP contribution >= 0.6 is 15.9 Å². The summed E-state index contributed by atoms with van der Waals surface area (Å²) in [6, 6.07) is 5.80. The fourth-order valence-electron chi connectivity index (χ4n) is 3.37. The maximum absolute atomic E-state index is 12.6. The Hall–Kier alpha value is -2.48. The number of carbonyl (C=O) groups excluding carboxylic acids is 1. The first-order valence-electron chi connectivity index (χ1n) is 9.27. The van der Waals surface area contributed by atoms with E-state index in [1.165, 1.54) is 0 Å². The van der Waals surface area contributed by atoms with Crippen LogP contribution in [0.5, 0.6) is 0 Å². The van der Waals surface area contributed by atoms with Gasteiger partial charge in [-0.2, -0.15) is 0 Å². The van der Waals surface area contributed by atoms with E-state index in [-0.39, 0.29) is 12.1 Å². The molecule has 1 saturated heterocycles. The number of carbonyl (C=O) groups is 1. The molecule has 3 heterocycles. The van der Waals surface area contributed by atoms with Crippen LogP contribution in [0.3, 0.4) is 0 Å². The van der Waals surface area contributed by atoms with Crippen LogP contribution < -0.4 is 0 Å². The highest BCUT2D eigenvalue weighted by molar-refractivity contribution is 9.10. The number of aromatic amines is 1. The summed E-state index contributed by atoms with van der Waals surface area (Å²) in [6.45, 7) is 6.31. The van der Waals surface area contributed by atoms with Gasteiger partial charge in [0.25, 0.3) is 0 Å². The van der Waals surface area contributed by atoms with Gasteiger partial charge in [0, 0.05) is 24.5 Å². The number of halogens is 1. The molecule has 0 aliphatic carbocycles. The SMILES string of the molecule is CC(C)(C)OC(=O)N1CCC[C@H]1c1nc2cc(-c3ncc(Br)cn3)ccc2[nH]1. The summed E-state index contributed by atoms with van der Waals surface area (Å²) >= 11 is 3.35. The number of nitrogens with zero attached hydrogens (tertiary/aromatic N) is 4. The normalized spacial score (nSPS) is 17.3. The minimum atomic E-state index is -0.516. The first-order valence-corrected chi connectivity index (χ1v) is 10.1. The van der Waals surface area contributed by atoms with Crippen LogP contribution in [0.25, 0.3) is 22.4 Å². The number of hydrogen-bond donors (Lipinski definition) is 1. The van der Waals surface area contributed by atoms with Gasteiger partial charge in [0.1, 0.15) is 11.4 Å². The number of aromatic nitrogens is 4. The summed E-state index contributed by atoms with van der Waals surface area (Å²) < 4.78 is 6.39. The lowest BCUT2D eigenvalue weighted by Gasteiger charge is -2.27. The molecular formula is C20H22BrN5O2. The number of benzene rings is 1. The van der Waals surface area contributed by atoms with E-state index >= 15 is 0 Å². The first-order chi connectivity index (χ1) is 13.3. The van der Waals surface area contributed by atoms with Crippen LogP contribution in [0, 0.1) is 0 Å². The van der Waals surface area contributed by atoms with Crippen LogP contribution in [0.1, 0.15) is 45.5 Å². The zero-order valence-corrected chi connectivity index (χ0v) is 17.7. The number of likely N-dealkylation sites (tertiary alicyclic amines) is 1. The highest BCUT2D eigenvalue weighted by Crippen LogP contribution is 2.33. The maximum Gasteiger partial charge on any atom is 0.410 e. The van der Waals surface area contributed by atoms with Gasteiger partial charge in [-0.05, 0) is 67.7 Å². The Bertz CT molecular complexity index is 1010. The minimum Gasteiger partial charge on any atom is -0.444 e. The molecule has 4 rings (SSSR count). The fourth-order valence-corrected chi connectivity index (χ4v) is 3.58. The topological polar surface area (TPSA) is 84.0 Å². The summed E-state index contributed by atoms with van der Waals surface area (Å²) in [5.74, 6) is 1.43. The quantitative estimate of drug-likeness (QED) is 0.611. The Morgan fingerprint density at radius 1 is 1.29 bits per heavy atom. The smallest absolute Gasteiger partial charge is 0.410 e. The predicted octanol–water partition coefficient (Wildman–Crippen LogP) is 4.85. The number of hydrogen-bond acceptors (Lipinski definition) is 5. The molecule has 0 spiro atoms. The van der Waals surface area contributed by atoms with Gasteiger partial charge in [-0.15, -0.1) is 0 Å².